The van der Waals surface area contributed by atoms with Crippen molar-refractivity contribution in [2.45, 2.75) is 27.7 Å². The molecule has 2 rings (SSSR count). The normalized spacial score (nSPS) is 10.5. The molecule has 1 amide bonds. The zero-order chi connectivity index (χ0) is 17.5. The second-order valence-electron chi connectivity index (χ2n) is 6.38. The first-order valence-electron chi connectivity index (χ1n) is 8.28. The lowest BCUT2D eigenvalue weighted by Crippen LogP contribution is -2.22. The van der Waals surface area contributed by atoms with Crippen LogP contribution in [0.5, 0.6) is 5.75 Å². The smallest absolute Gasteiger partial charge is 0.243 e. The molecule has 4 heteroatoms. The van der Waals surface area contributed by atoms with Crippen molar-refractivity contribution < 1.29 is 9.53 Å². The largest absolute Gasteiger partial charge is 0.493 e. The minimum atomic E-state index is -0.0771. The Morgan fingerprint density at radius 3 is 2.46 bits per heavy atom. The van der Waals surface area contributed by atoms with Crippen LogP contribution in [0.15, 0.2) is 42.5 Å². The molecule has 0 fully saturated rings. The summed E-state index contributed by atoms with van der Waals surface area (Å²) in [4.78, 5) is 12.1. The van der Waals surface area contributed by atoms with Gasteiger partial charge in [-0.2, -0.15) is 0 Å². The van der Waals surface area contributed by atoms with E-state index in [0.717, 1.165) is 22.7 Å². The summed E-state index contributed by atoms with van der Waals surface area (Å²) < 4.78 is 5.63. The lowest BCUT2D eigenvalue weighted by molar-refractivity contribution is -0.114. The summed E-state index contributed by atoms with van der Waals surface area (Å²) in [7, 11) is 0. The average molecular weight is 326 g/mol. The number of carbonyl (C=O) groups is 1. The predicted octanol–water partition coefficient (Wildman–Crippen LogP) is 4.39. The molecular formula is C20H26N2O2. The quantitative estimate of drug-likeness (QED) is 0.793. The van der Waals surface area contributed by atoms with Gasteiger partial charge in [0.2, 0.25) is 5.91 Å². The second kappa shape index (κ2) is 8.39. The number of ether oxygens (including phenoxy) is 1. The van der Waals surface area contributed by atoms with Crippen LogP contribution in [-0.2, 0) is 4.79 Å². The number of benzene rings is 2. The lowest BCUT2D eigenvalue weighted by Gasteiger charge is -2.12. The fraction of sp³-hybridized carbons (Fsp3) is 0.350. The van der Waals surface area contributed by atoms with Crippen LogP contribution in [0.2, 0.25) is 0 Å². The summed E-state index contributed by atoms with van der Waals surface area (Å²) in [5.41, 5.74) is 4.12. The van der Waals surface area contributed by atoms with Gasteiger partial charge < -0.3 is 15.4 Å². The SMILES string of the molecule is Cc1cccc(NCC(=O)Nc2ccc(OCC(C)C)cc2)c1C. The minimum absolute atomic E-state index is 0.0771. The molecule has 0 aromatic heterocycles. The fourth-order valence-corrected chi connectivity index (χ4v) is 2.22. The van der Waals surface area contributed by atoms with Crippen LogP contribution in [0.3, 0.4) is 0 Å². The number of rotatable bonds is 7. The minimum Gasteiger partial charge on any atom is -0.493 e. The number of carbonyl (C=O) groups excluding carboxylic acids is 1. The van der Waals surface area contributed by atoms with Crippen molar-refractivity contribution in [3.63, 3.8) is 0 Å². The van der Waals surface area contributed by atoms with E-state index in [1.807, 2.05) is 43.3 Å². The number of anilines is 2. The van der Waals surface area contributed by atoms with Crippen LogP contribution in [0.4, 0.5) is 11.4 Å². The Balaban J connectivity index is 1.85. The molecule has 2 aromatic rings. The Bertz CT molecular complexity index is 679. The molecule has 2 N–H and O–H groups in total. The summed E-state index contributed by atoms with van der Waals surface area (Å²) in [6.45, 7) is 9.24. The van der Waals surface area contributed by atoms with Gasteiger partial charge in [-0.3, -0.25) is 4.79 Å². The Kier molecular flexibility index (Phi) is 6.24. The van der Waals surface area contributed by atoms with Crippen molar-refractivity contribution in [2.24, 2.45) is 5.92 Å². The van der Waals surface area contributed by atoms with Crippen LogP contribution in [0.1, 0.15) is 25.0 Å². The van der Waals surface area contributed by atoms with E-state index in [9.17, 15) is 4.79 Å². The van der Waals surface area contributed by atoms with Crippen LogP contribution >= 0.6 is 0 Å². The Labute approximate surface area is 144 Å². The Hall–Kier alpha value is -2.49. The van der Waals surface area contributed by atoms with Gasteiger partial charge in [0.1, 0.15) is 5.75 Å². The van der Waals surface area contributed by atoms with Crippen LogP contribution in [0.25, 0.3) is 0 Å². The molecule has 128 valence electrons. The van der Waals surface area contributed by atoms with Crippen LogP contribution < -0.4 is 15.4 Å². The summed E-state index contributed by atoms with van der Waals surface area (Å²) in [6, 6.07) is 13.5. The van der Waals surface area contributed by atoms with E-state index in [2.05, 4.69) is 37.5 Å². The maximum absolute atomic E-state index is 12.1. The highest BCUT2D eigenvalue weighted by Crippen LogP contribution is 2.18. The molecule has 0 aliphatic heterocycles. The van der Waals surface area contributed by atoms with Gasteiger partial charge in [0.05, 0.1) is 13.2 Å². The van der Waals surface area contributed by atoms with Crippen LogP contribution in [0, 0.1) is 19.8 Å². The van der Waals surface area contributed by atoms with Gasteiger partial charge in [-0.15, -0.1) is 0 Å². The summed E-state index contributed by atoms with van der Waals surface area (Å²) in [5, 5.41) is 6.06. The van der Waals surface area contributed by atoms with Gasteiger partial charge in [0.15, 0.2) is 0 Å². The number of hydrogen-bond acceptors (Lipinski definition) is 3. The van der Waals surface area contributed by atoms with Crippen molar-refractivity contribution >= 4 is 17.3 Å². The molecule has 0 aliphatic rings. The summed E-state index contributed by atoms with van der Waals surface area (Å²) in [5.74, 6) is 1.22. The third-order valence-electron chi connectivity index (χ3n) is 3.77. The lowest BCUT2D eigenvalue weighted by atomic mass is 10.1. The first-order chi connectivity index (χ1) is 11.5. The Morgan fingerprint density at radius 2 is 1.79 bits per heavy atom. The highest BCUT2D eigenvalue weighted by Gasteiger charge is 2.05. The van der Waals surface area contributed by atoms with E-state index in [0.29, 0.717) is 12.5 Å². The number of aryl methyl sites for hydroxylation is 1. The number of hydrogen-bond donors (Lipinski definition) is 2. The van der Waals surface area contributed by atoms with E-state index in [-0.39, 0.29) is 12.5 Å². The van der Waals surface area contributed by atoms with Gasteiger partial charge in [-0.1, -0.05) is 26.0 Å². The fourth-order valence-electron chi connectivity index (χ4n) is 2.22. The average Bonchev–Trinajstić information content (AvgIpc) is 2.55. The summed E-state index contributed by atoms with van der Waals surface area (Å²) >= 11 is 0. The topological polar surface area (TPSA) is 50.4 Å². The predicted molar refractivity (Wildman–Crippen MR) is 99.8 cm³/mol. The third kappa shape index (κ3) is 5.30. The molecule has 0 unspecified atom stereocenters. The van der Waals surface area contributed by atoms with Crippen molar-refractivity contribution in [2.75, 3.05) is 23.8 Å². The van der Waals surface area contributed by atoms with Crippen molar-refractivity contribution in [3.8, 4) is 5.75 Å². The number of nitrogens with one attached hydrogen (secondary N) is 2. The number of amides is 1. The molecule has 4 nitrogen and oxygen atoms in total. The van der Waals surface area contributed by atoms with Crippen LogP contribution in [-0.4, -0.2) is 19.1 Å². The van der Waals surface area contributed by atoms with E-state index >= 15 is 0 Å². The molecule has 0 spiro atoms. The zero-order valence-electron chi connectivity index (χ0n) is 14.8. The molecule has 0 radical (unpaired) electrons. The van der Waals surface area contributed by atoms with Gasteiger partial charge in [0.25, 0.3) is 0 Å². The maximum atomic E-state index is 12.1. The van der Waals surface area contributed by atoms with Gasteiger partial charge in [-0.25, -0.2) is 0 Å². The highest BCUT2D eigenvalue weighted by atomic mass is 16.5. The van der Waals surface area contributed by atoms with E-state index in [1.165, 1.54) is 5.56 Å². The molecule has 24 heavy (non-hydrogen) atoms. The van der Waals surface area contributed by atoms with Crippen molar-refractivity contribution in [1.29, 1.82) is 0 Å². The summed E-state index contributed by atoms with van der Waals surface area (Å²) in [6.07, 6.45) is 0. The molecule has 0 aliphatic carbocycles. The van der Waals surface area contributed by atoms with Gasteiger partial charge in [-0.05, 0) is 61.2 Å². The van der Waals surface area contributed by atoms with Gasteiger partial charge >= 0.3 is 0 Å². The van der Waals surface area contributed by atoms with E-state index < -0.39 is 0 Å². The Morgan fingerprint density at radius 1 is 1.08 bits per heavy atom. The maximum Gasteiger partial charge on any atom is 0.243 e. The molecular weight excluding hydrogens is 300 g/mol. The molecule has 0 saturated carbocycles. The molecule has 0 heterocycles. The van der Waals surface area contributed by atoms with Gasteiger partial charge in [0, 0.05) is 11.4 Å². The highest BCUT2D eigenvalue weighted by molar-refractivity contribution is 5.93. The second-order valence-corrected chi connectivity index (χ2v) is 6.38. The molecule has 0 atom stereocenters. The van der Waals surface area contributed by atoms with E-state index in [1.54, 1.807) is 0 Å². The molecule has 2 aromatic carbocycles. The first-order valence-corrected chi connectivity index (χ1v) is 8.28. The monoisotopic (exact) mass is 326 g/mol. The zero-order valence-corrected chi connectivity index (χ0v) is 14.8. The van der Waals surface area contributed by atoms with E-state index in [4.69, 9.17) is 4.74 Å². The third-order valence-corrected chi connectivity index (χ3v) is 3.77. The molecule has 0 saturated heterocycles. The molecule has 0 bridgehead atoms. The first kappa shape index (κ1) is 17.9. The standard InChI is InChI=1S/C20H26N2O2/c1-14(2)13-24-18-10-8-17(9-11-18)22-20(23)12-21-19-7-5-6-15(3)16(19)4/h5-11,14,21H,12-13H2,1-4H3,(H,22,23). The van der Waals surface area contributed by atoms with Crippen molar-refractivity contribution in [3.05, 3.63) is 53.6 Å². The van der Waals surface area contributed by atoms with Crippen molar-refractivity contribution in [1.82, 2.24) is 0 Å².